The molecule has 0 radical (unpaired) electrons. The van der Waals surface area contributed by atoms with Crippen LogP contribution in [-0.4, -0.2) is 39.4 Å². The Morgan fingerprint density at radius 2 is 1.91 bits per heavy atom. The molecule has 0 bridgehead atoms. The zero-order chi connectivity index (χ0) is 17.2. The van der Waals surface area contributed by atoms with Crippen molar-refractivity contribution in [2.45, 2.75) is 6.92 Å². The molecule has 0 aliphatic heterocycles. The van der Waals surface area contributed by atoms with Crippen LogP contribution in [0, 0.1) is 0 Å². The van der Waals surface area contributed by atoms with Crippen molar-refractivity contribution >= 4 is 18.0 Å². The molecule has 6 heteroatoms. The first-order valence-corrected chi connectivity index (χ1v) is 6.87. The second kappa shape index (κ2) is 9.30. The van der Waals surface area contributed by atoms with Crippen LogP contribution in [0.1, 0.15) is 12.5 Å². The first kappa shape index (κ1) is 18.3. The number of methoxy groups -OCH3 is 2. The molecule has 0 spiro atoms. The summed E-state index contributed by atoms with van der Waals surface area (Å²) in [5, 5.41) is 0. The largest absolute Gasteiger partial charge is 0.493 e. The van der Waals surface area contributed by atoms with Crippen molar-refractivity contribution in [2.24, 2.45) is 0 Å². The van der Waals surface area contributed by atoms with Gasteiger partial charge in [-0.2, -0.15) is 0 Å². The number of rotatable bonds is 8. The van der Waals surface area contributed by atoms with Crippen LogP contribution in [0.4, 0.5) is 0 Å². The average Bonchev–Trinajstić information content (AvgIpc) is 2.56. The lowest BCUT2D eigenvalue weighted by Crippen LogP contribution is -2.12. The van der Waals surface area contributed by atoms with Gasteiger partial charge in [0, 0.05) is 11.6 Å². The van der Waals surface area contributed by atoms with E-state index < -0.39 is 11.9 Å². The van der Waals surface area contributed by atoms with Crippen molar-refractivity contribution in [1.82, 2.24) is 0 Å². The maximum Gasteiger partial charge on any atom is 0.333 e. The average molecular weight is 320 g/mol. The minimum atomic E-state index is -0.455. The molecular weight excluding hydrogens is 300 g/mol. The second-order valence-electron chi connectivity index (χ2n) is 4.53. The number of ether oxygens (including phenoxy) is 4. The second-order valence-corrected chi connectivity index (χ2v) is 4.53. The molecule has 0 N–H and O–H groups in total. The van der Waals surface area contributed by atoms with E-state index in [0.29, 0.717) is 17.1 Å². The van der Waals surface area contributed by atoms with Crippen molar-refractivity contribution in [3.8, 4) is 11.5 Å². The summed E-state index contributed by atoms with van der Waals surface area (Å²) in [4.78, 5) is 22.3. The Labute approximate surface area is 135 Å². The Hall–Kier alpha value is -2.76. The van der Waals surface area contributed by atoms with Crippen LogP contribution < -0.4 is 9.47 Å². The van der Waals surface area contributed by atoms with Crippen LogP contribution in [0.15, 0.2) is 36.4 Å². The van der Waals surface area contributed by atoms with E-state index >= 15 is 0 Å². The summed E-state index contributed by atoms with van der Waals surface area (Å²) in [7, 11) is 2.82. The fraction of sp³-hybridized carbons (Fsp3) is 0.294. The van der Waals surface area contributed by atoms with E-state index in [-0.39, 0.29) is 13.2 Å². The van der Waals surface area contributed by atoms with E-state index in [1.165, 1.54) is 20.3 Å². The van der Waals surface area contributed by atoms with Gasteiger partial charge in [-0.3, -0.25) is 0 Å². The molecule has 124 valence electrons. The van der Waals surface area contributed by atoms with Crippen LogP contribution in [-0.2, 0) is 19.1 Å². The fourth-order valence-electron chi connectivity index (χ4n) is 1.55. The zero-order valence-electron chi connectivity index (χ0n) is 13.5. The SMILES string of the molecule is C=C(C)C(=O)OCCOc1ccc(C=CC(=O)OC)cc1OC. The van der Waals surface area contributed by atoms with Crippen molar-refractivity contribution in [2.75, 3.05) is 27.4 Å². The summed E-state index contributed by atoms with van der Waals surface area (Å²) in [6, 6.07) is 5.18. The Bertz CT molecular complexity index is 603. The highest BCUT2D eigenvalue weighted by Gasteiger charge is 2.07. The molecule has 1 aromatic carbocycles. The molecule has 0 fully saturated rings. The van der Waals surface area contributed by atoms with Gasteiger partial charge in [-0.05, 0) is 30.7 Å². The highest BCUT2D eigenvalue weighted by atomic mass is 16.6. The number of hydrogen-bond donors (Lipinski definition) is 0. The van der Waals surface area contributed by atoms with Gasteiger partial charge in [0.1, 0.15) is 13.2 Å². The van der Waals surface area contributed by atoms with E-state index in [4.69, 9.17) is 14.2 Å². The summed E-state index contributed by atoms with van der Waals surface area (Å²) in [5.74, 6) is 0.116. The van der Waals surface area contributed by atoms with Gasteiger partial charge in [0.15, 0.2) is 11.5 Å². The lowest BCUT2D eigenvalue weighted by molar-refractivity contribution is -0.139. The van der Waals surface area contributed by atoms with Crippen LogP contribution in [0.25, 0.3) is 6.08 Å². The molecule has 0 saturated carbocycles. The third-order valence-corrected chi connectivity index (χ3v) is 2.72. The van der Waals surface area contributed by atoms with Crippen molar-refractivity contribution in [3.63, 3.8) is 0 Å². The molecule has 23 heavy (non-hydrogen) atoms. The molecule has 0 heterocycles. The van der Waals surface area contributed by atoms with Crippen molar-refractivity contribution < 1.29 is 28.5 Å². The highest BCUT2D eigenvalue weighted by molar-refractivity contribution is 5.87. The van der Waals surface area contributed by atoms with Gasteiger partial charge in [-0.25, -0.2) is 9.59 Å². The van der Waals surface area contributed by atoms with Crippen LogP contribution in [0.5, 0.6) is 11.5 Å². The lowest BCUT2D eigenvalue weighted by Gasteiger charge is -2.11. The normalized spacial score (nSPS) is 10.2. The minimum Gasteiger partial charge on any atom is -0.493 e. The number of carbonyl (C=O) groups excluding carboxylic acids is 2. The molecule has 0 saturated heterocycles. The molecule has 6 nitrogen and oxygen atoms in total. The topological polar surface area (TPSA) is 71.1 Å². The van der Waals surface area contributed by atoms with Crippen LogP contribution in [0.3, 0.4) is 0 Å². The minimum absolute atomic E-state index is 0.110. The fourth-order valence-corrected chi connectivity index (χ4v) is 1.55. The number of hydrogen-bond acceptors (Lipinski definition) is 6. The van der Waals surface area contributed by atoms with E-state index in [2.05, 4.69) is 11.3 Å². The zero-order valence-corrected chi connectivity index (χ0v) is 13.5. The predicted octanol–water partition coefficient (Wildman–Crippen LogP) is 2.38. The van der Waals surface area contributed by atoms with Crippen LogP contribution in [0.2, 0.25) is 0 Å². The maximum atomic E-state index is 11.2. The number of carbonyl (C=O) groups is 2. The molecule has 0 atom stereocenters. The Balaban J connectivity index is 2.62. The summed E-state index contributed by atoms with van der Waals surface area (Å²) >= 11 is 0. The molecule has 0 aliphatic rings. The van der Waals surface area contributed by atoms with Gasteiger partial charge in [0.25, 0.3) is 0 Å². The number of benzene rings is 1. The van der Waals surface area contributed by atoms with E-state index in [1.807, 2.05) is 0 Å². The van der Waals surface area contributed by atoms with E-state index in [1.54, 1.807) is 31.2 Å². The maximum absolute atomic E-state index is 11.2. The Kier molecular flexibility index (Phi) is 7.39. The monoisotopic (exact) mass is 320 g/mol. The Morgan fingerprint density at radius 3 is 2.52 bits per heavy atom. The Morgan fingerprint density at radius 1 is 1.17 bits per heavy atom. The quantitative estimate of drug-likeness (QED) is 0.416. The molecule has 0 amide bonds. The predicted molar refractivity (Wildman–Crippen MR) is 85.3 cm³/mol. The van der Waals surface area contributed by atoms with E-state index in [0.717, 1.165) is 5.56 Å². The van der Waals surface area contributed by atoms with Gasteiger partial charge in [0.2, 0.25) is 0 Å². The smallest absolute Gasteiger partial charge is 0.333 e. The summed E-state index contributed by atoms with van der Waals surface area (Å²) in [5.41, 5.74) is 1.10. The van der Waals surface area contributed by atoms with E-state index in [9.17, 15) is 9.59 Å². The number of esters is 2. The van der Waals surface area contributed by atoms with Gasteiger partial charge < -0.3 is 18.9 Å². The third-order valence-electron chi connectivity index (χ3n) is 2.72. The highest BCUT2D eigenvalue weighted by Crippen LogP contribution is 2.28. The van der Waals surface area contributed by atoms with Gasteiger partial charge in [-0.15, -0.1) is 0 Å². The summed E-state index contributed by atoms with van der Waals surface area (Å²) in [6.07, 6.45) is 2.92. The van der Waals surface area contributed by atoms with Crippen molar-refractivity contribution in [1.29, 1.82) is 0 Å². The molecule has 0 aliphatic carbocycles. The van der Waals surface area contributed by atoms with Crippen LogP contribution >= 0.6 is 0 Å². The molecular formula is C17H20O6. The van der Waals surface area contributed by atoms with Crippen molar-refractivity contribution in [3.05, 3.63) is 42.0 Å². The first-order chi connectivity index (χ1) is 11.0. The molecule has 0 unspecified atom stereocenters. The molecule has 1 rings (SSSR count). The standard InChI is InChI=1S/C17H20O6/c1-12(2)17(19)23-10-9-22-14-7-5-13(11-15(14)20-3)6-8-16(18)21-4/h5-8,11H,1,9-10H2,2-4H3. The lowest BCUT2D eigenvalue weighted by atomic mass is 10.2. The first-order valence-electron chi connectivity index (χ1n) is 6.87. The van der Waals surface area contributed by atoms with Gasteiger partial charge >= 0.3 is 11.9 Å². The summed E-state index contributed by atoms with van der Waals surface area (Å²) < 4.78 is 20.2. The van der Waals surface area contributed by atoms with Gasteiger partial charge in [-0.1, -0.05) is 12.6 Å². The molecule has 0 aromatic heterocycles. The van der Waals surface area contributed by atoms with Gasteiger partial charge in [0.05, 0.1) is 14.2 Å². The molecule has 1 aromatic rings. The third kappa shape index (κ3) is 6.25. The summed E-state index contributed by atoms with van der Waals surface area (Å²) in [6.45, 7) is 5.36.